The van der Waals surface area contributed by atoms with E-state index in [2.05, 4.69) is 5.32 Å². The van der Waals surface area contributed by atoms with E-state index < -0.39 is 11.9 Å². The van der Waals surface area contributed by atoms with Crippen molar-refractivity contribution in [3.63, 3.8) is 0 Å². The van der Waals surface area contributed by atoms with Gasteiger partial charge >= 0.3 is 0 Å². The largest absolute Gasteiger partial charge is 0.344 e. The molecule has 1 aliphatic heterocycles. The second kappa shape index (κ2) is 5.17. The lowest BCUT2D eigenvalue weighted by molar-refractivity contribution is -0.140. The fraction of sp³-hybridized carbons (Fsp3) is 0.308. The third-order valence-electron chi connectivity index (χ3n) is 2.88. The fourth-order valence-corrected chi connectivity index (χ4v) is 1.98. The molecule has 1 aromatic carbocycles. The van der Waals surface area contributed by atoms with E-state index >= 15 is 0 Å². The van der Waals surface area contributed by atoms with Crippen LogP contribution in [0.1, 0.15) is 18.9 Å². The van der Waals surface area contributed by atoms with E-state index in [0.717, 1.165) is 4.90 Å². The number of imide groups is 1. The van der Waals surface area contributed by atoms with Gasteiger partial charge in [-0.05, 0) is 17.7 Å². The molecule has 3 amide bonds. The lowest BCUT2D eigenvalue weighted by Gasteiger charge is -2.15. The summed E-state index contributed by atoms with van der Waals surface area (Å²) in [6.45, 7) is 1.38. The topological polar surface area (TPSA) is 66.5 Å². The summed E-state index contributed by atoms with van der Waals surface area (Å²) in [5, 5.41) is 2.44. The number of amides is 3. The van der Waals surface area contributed by atoms with Crippen LogP contribution in [-0.2, 0) is 20.9 Å². The summed E-state index contributed by atoms with van der Waals surface area (Å²) in [6.07, 6.45) is -0.0282. The average molecular weight is 264 g/mol. The van der Waals surface area contributed by atoms with Crippen LogP contribution < -0.4 is 5.32 Å². The number of halogens is 1. The van der Waals surface area contributed by atoms with Crippen molar-refractivity contribution in [3.8, 4) is 0 Å². The van der Waals surface area contributed by atoms with E-state index in [1.807, 2.05) is 0 Å². The lowest BCUT2D eigenvalue weighted by atomic mass is 10.2. The number of nitrogens with one attached hydrogen (secondary N) is 1. The highest BCUT2D eigenvalue weighted by molar-refractivity contribution is 6.06. The molecule has 1 N–H and O–H groups in total. The van der Waals surface area contributed by atoms with Crippen LogP contribution in [0, 0.1) is 5.82 Å². The summed E-state index contributed by atoms with van der Waals surface area (Å²) in [6, 6.07) is 4.78. The summed E-state index contributed by atoms with van der Waals surface area (Å²) >= 11 is 0. The van der Waals surface area contributed by atoms with E-state index in [-0.39, 0.29) is 30.6 Å². The number of carbonyl (C=O) groups is 3. The Balaban J connectivity index is 2.08. The molecule has 0 unspecified atom stereocenters. The summed E-state index contributed by atoms with van der Waals surface area (Å²) < 4.78 is 12.8. The quantitative estimate of drug-likeness (QED) is 0.812. The Morgan fingerprint density at radius 1 is 1.37 bits per heavy atom. The van der Waals surface area contributed by atoms with Gasteiger partial charge in [0, 0.05) is 6.92 Å². The molecule has 1 atom stereocenters. The normalized spacial score (nSPS) is 18.8. The van der Waals surface area contributed by atoms with Crippen molar-refractivity contribution in [1.29, 1.82) is 0 Å². The van der Waals surface area contributed by atoms with E-state index in [4.69, 9.17) is 0 Å². The lowest BCUT2D eigenvalue weighted by Crippen LogP contribution is -2.40. The number of nitrogens with zero attached hydrogens (tertiary/aromatic N) is 1. The Bertz CT molecular complexity index is 527. The Hall–Kier alpha value is -2.24. The number of hydrogen-bond donors (Lipinski definition) is 1. The van der Waals surface area contributed by atoms with Gasteiger partial charge < -0.3 is 5.32 Å². The Morgan fingerprint density at radius 2 is 2.00 bits per heavy atom. The van der Waals surface area contributed by atoms with Crippen LogP contribution >= 0.6 is 0 Å². The van der Waals surface area contributed by atoms with Crippen molar-refractivity contribution in [2.45, 2.75) is 25.9 Å². The minimum Gasteiger partial charge on any atom is -0.344 e. The van der Waals surface area contributed by atoms with Gasteiger partial charge in [0.2, 0.25) is 11.8 Å². The summed E-state index contributed by atoms with van der Waals surface area (Å²) in [4.78, 5) is 35.7. The van der Waals surface area contributed by atoms with Gasteiger partial charge in [-0.1, -0.05) is 12.1 Å². The average Bonchev–Trinajstić information content (AvgIpc) is 2.59. The van der Waals surface area contributed by atoms with Gasteiger partial charge in [0.15, 0.2) is 0 Å². The van der Waals surface area contributed by atoms with Gasteiger partial charge in [-0.15, -0.1) is 0 Å². The van der Waals surface area contributed by atoms with E-state index in [0.29, 0.717) is 5.56 Å². The van der Waals surface area contributed by atoms with Gasteiger partial charge in [0.05, 0.1) is 13.0 Å². The van der Waals surface area contributed by atoms with Gasteiger partial charge in [0.25, 0.3) is 5.91 Å². The zero-order valence-electron chi connectivity index (χ0n) is 10.4. The molecule has 19 heavy (non-hydrogen) atoms. The maximum atomic E-state index is 12.8. The highest BCUT2D eigenvalue weighted by Crippen LogP contribution is 2.17. The number of likely N-dealkylation sites (tertiary alicyclic amines) is 1. The fourth-order valence-electron chi connectivity index (χ4n) is 1.98. The van der Waals surface area contributed by atoms with Crippen molar-refractivity contribution >= 4 is 17.7 Å². The Kier molecular flexibility index (Phi) is 3.59. The van der Waals surface area contributed by atoms with Crippen LogP contribution in [0.25, 0.3) is 0 Å². The van der Waals surface area contributed by atoms with Crippen LogP contribution in [0.3, 0.4) is 0 Å². The third-order valence-corrected chi connectivity index (χ3v) is 2.88. The van der Waals surface area contributed by atoms with Crippen molar-refractivity contribution in [3.05, 3.63) is 35.6 Å². The van der Waals surface area contributed by atoms with Gasteiger partial charge in [0.1, 0.15) is 11.9 Å². The molecule has 0 bridgehead atoms. The van der Waals surface area contributed by atoms with Crippen LogP contribution in [0.5, 0.6) is 0 Å². The van der Waals surface area contributed by atoms with Crippen LogP contribution in [-0.4, -0.2) is 28.7 Å². The van der Waals surface area contributed by atoms with Crippen LogP contribution in [0.2, 0.25) is 0 Å². The second-order valence-corrected chi connectivity index (χ2v) is 4.40. The second-order valence-electron chi connectivity index (χ2n) is 4.40. The zero-order chi connectivity index (χ0) is 14.0. The third kappa shape index (κ3) is 2.96. The number of benzene rings is 1. The van der Waals surface area contributed by atoms with Crippen LogP contribution in [0.15, 0.2) is 24.3 Å². The highest BCUT2D eigenvalue weighted by Gasteiger charge is 2.38. The molecule has 100 valence electrons. The van der Waals surface area contributed by atoms with E-state index in [1.165, 1.54) is 31.2 Å². The maximum absolute atomic E-state index is 12.8. The predicted octanol–water partition coefficient (Wildman–Crippen LogP) is 0.589. The first-order valence-corrected chi connectivity index (χ1v) is 5.83. The van der Waals surface area contributed by atoms with Gasteiger partial charge in [-0.2, -0.15) is 0 Å². The van der Waals surface area contributed by atoms with Gasteiger partial charge in [-0.25, -0.2) is 4.39 Å². The van der Waals surface area contributed by atoms with E-state index in [9.17, 15) is 18.8 Å². The summed E-state index contributed by atoms with van der Waals surface area (Å²) in [5.74, 6) is -1.49. The van der Waals surface area contributed by atoms with Crippen molar-refractivity contribution in [1.82, 2.24) is 10.2 Å². The molecular weight excluding hydrogens is 251 g/mol. The van der Waals surface area contributed by atoms with Crippen molar-refractivity contribution < 1.29 is 18.8 Å². The molecule has 1 aliphatic rings. The molecule has 1 fully saturated rings. The molecule has 0 spiro atoms. The number of carbonyl (C=O) groups excluding carboxylic acids is 3. The standard InChI is InChI=1S/C13H13FN2O3/c1-8(17)15-11-6-12(18)16(13(11)19)7-9-2-4-10(14)5-3-9/h2-5,11H,6-7H2,1H3,(H,15,17)/t11-/m1/s1. The Morgan fingerprint density at radius 3 is 2.58 bits per heavy atom. The van der Waals surface area contributed by atoms with Crippen molar-refractivity contribution in [2.24, 2.45) is 0 Å². The molecule has 0 aliphatic carbocycles. The molecule has 5 nitrogen and oxygen atoms in total. The first-order chi connectivity index (χ1) is 8.97. The molecule has 6 heteroatoms. The van der Waals surface area contributed by atoms with Gasteiger partial charge in [-0.3, -0.25) is 19.3 Å². The molecule has 2 rings (SSSR count). The minimum absolute atomic E-state index is 0.0282. The van der Waals surface area contributed by atoms with E-state index in [1.54, 1.807) is 0 Å². The number of hydrogen-bond acceptors (Lipinski definition) is 3. The summed E-state index contributed by atoms with van der Waals surface area (Å²) in [5.41, 5.74) is 0.659. The zero-order valence-corrected chi connectivity index (χ0v) is 10.4. The molecule has 1 saturated heterocycles. The molecule has 1 aromatic rings. The summed E-state index contributed by atoms with van der Waals surface area (Å²) in [7, 11) is 0. The number of rotatable bonds is 3. The smallest absolute Gasteiger partial charge is 0.252 e. The first-order valence-electron chi connectivity index (χ1n) is 5.83. The predicted molar refractivity (Wildman–Crippen MR) is 64.2 cm³/mol. The molecule has 0 radical (unpaired) electrons. The monoisotopic (exact) mass is 264 g/mol. The first kappa shape index (κ1) is 13.2. The van der Waals surface area contributed by atoms with Crippen LogP contribution in [0.4, 0.5) is 4.39 Å². The Labute approximate surface area is 109 Å². The maximum Gasteiger partial charge on any atom is 0.252 e. The van der Waals surface area contributed by atoms with Crippen molar-refractivity contribution in [2.75, 3.05) is 0 Å². The SMILES string of the molecule is CC(=O)N[C@@H]1CC(=O)N(Cc2ccc(F)cc2)C1=O. The molecule has 1 heterocycles. The molecule has 0 aromatic heterocycles. The molecule has 0 saturated carbocycles. The molecular formula is C13H13FN2O3. The highest BCUT2D eigenvalue weighted by atomic mass is 19.1. The minimum atomic E-state index is -0.787.